The van der Waals surface area contributed by atoms with Gasteiger partial charge in [0, 0.05) is 70.0 Å². The quantitative estimate of drug-likeness (QED) is 0.694. The molecular formula is C26H32F2N6O2. The van der Waals surface area contributed by atoms with Gasteiger partial charge in [0.15, 0.2) is 12.2 Å². The van der Waals surface area contributed by atoms with Crippen molar-refractivity contribution in [2.75, 3.05) is 57.3 Å². The van der Waals surface area contributed by atoms with Crippen LogP contribution in [-0.4, -0.2) is 89.4 Å². The number of likely N-dealkylation sites (tertiary alicyclic amines) is 1. The number of aromatic nitrogens is 1. The second kappa shape index (κ2) is 9.88. The maximum Gasteiger partial charge on any atom is 0.257 e. The van der Waals surface area contributed by atoms with E-state index in [2.05, 4.69) is 16.0 Å². The Balaban J connectivity index is 1.42. The minimum atomic E-state index is -0.770. The summed E-state index contributed by atoms with van der Waals surface area (Å²) in [6.45, 7) is 6.60. The molecule has 1 atom stereocenters. The fourth-order valence-electron chi connectivity index (χ4n) is 5.58. The number of carbonyl (C=O) groups is 1. The van der Waals surface area contributed by atoms with Crippen molar-refractivity contribution in [1.82, 2.24) is 19.7 Å². The molecule has 2 aromatic rings. The number of anilines is 1. The molecule has 0 radical (unpaired) electrons. The van der Waals surface area contributed by atoms with Crippen LogP contribution in [0.2, 0.25) is 0 Å². The number of amides is 1. The normalized spacial score (nSPS) is 22.1. The molecule has 1 aromatic carbocycles. The van der Waals surface area contributed by atoms with E-state index in [1.54, 1.807) is 4.90 Å². The first kappa shape index (κ1) is 24.8. The Morgan fingerprint density at radius 3 is 2.33 bits per heavy atom. The van der Waals surface area contributed by atoms with Gasteiger partial charge in [0.05, 0.1) is 22.7 Å². The maximum atomic E-state index is 14.6. The molecule has 3 aliphatic rings. The zero-order chi connectivity index (χ0) is 25.4. The molecule has 0 saturated carbocycles. The molecule has 10 heteroatoms. The van der Waals surface area contributed by atoms with Gasteiger partial charge in [-0.1, -0.05) is 0 Å². The van der Waals surface area contributed by atoms with E-state index in [0.717, 1.165) is 32.0 Å². The average molecular weight is 499 g/mol. The number of hydrogen-bond donors (Lipinski definition) is 1. The van der Waals surface area contributed by atoms with Gasteiger partial charge in [0.25, 0.3) is 5.91 Å². The highest BCUT2D eigenvalue weighted by molar-refractivity contribution is 6.07. The molecule has 3 aliphatic heterocycles. The molecule has 4 heterocycles. The minimum Gasteiger partial charge on any atom is -0.370 e. The summed E-state index contributed by atoms with van der Waals surface area (Å²) in [6, 6.07) is 4.40. The molecule has 1 unspecified atom stereocenters. The number of hydrogen-bond acceptors (Lipinski definition) is 7. The Kier molecular flexibility index (Phi) is 6.81. The van der Waals surface area contributed by atoms with Crippen molar-refractivity contribution in [2.45, 2.75) is 39.0 Å². The lowest BCUT2D eigenvalue weighted by atomic mass is 9.81. The highest BCUT2D eigenvalue weighted by Crippen LogP contribution is 2.38. The Hall–Kier alpha value is -2.87. The fraction of sp³-hybridized carbons (Fsp3) is 0.577. The highest BCUT2D eigenvalue weighted by Gasteiger charge is 2.35. The summed E-state index contributed by atoms with van der Waals surface area (Å²) < 4.78 is 28.9. The number of piperidine rings is 1. The number of pyridine rings is 1. The van der Waals surface area contributed by atoms with Crippen LogP contribution in [0.25, 0.3) is 10.9 Å². The van der Waals surface area contributed by atoms with Crippen molar-refractivity contribution in [3.63, 3.8) is 0 Å². The van der Waals surface area contributed by atoms with Crippen LogP contribution in [-0.2, 0) is 0 Å². The van der Waals surface area contributed by atoms with E-state index >= 15 is 0 Å². The molecular weight excluding hydrogens is 466 g/mol. The van der Waals surface area contributed by atoms with Crippen LogP contribution in [0.3, 0.4) is 0 Å². The van der Waals surface area contributed by atoms with Gasteiger partial charge < -0.3 is 14.9 Å². The van der Waals surface area contributed by atoms with Gasteiger partial charge in [0.2, 0.25) is 0 Å². The standard InChI is InChI=1S/C26H32F2N6O2/c1-26(17-29)4-8-31(9-5-26)23-19-14-18(27)15-21(28)22(19)30-16-20(23)24(35)32-10-12-34(13-11-32)25(36)33-6-2-3-7-33/h14-16,25,36H,2-13H2,1H3. The Morgan fingerprint density at radius 1 is 1.06 bits per heavy atom. The number of halogens is 2. The molecule has 1 amide bonds. The zero-order valence-corrected chi connectivity index (χ0v) is 20.6. The molecule has 3 saturated heterocycles. The van der Waals surface area contributed by atoms with Gasteiger partial charge in [-0.15, -0.1) is 0 Å². The lowest BCUT2D eigenvalue weighted by Gasteiger charge is -2.41. The van der Waals surface area contributed by atoms with E-state index in [9.17, 15) is 23.9 Å². The van der Waals surface area contributed by atoms with Crippen LogP contribution in [0.1, 0.15) is 43.0 Å². The second-order valence-electron chi connectivity index (χ2n) is 10.4. The Bertz CT molecular complexity index is 1180. The third kappa shape index (κ3) is 4.63. The molecule has 36 heavy (non-hydrogen) atoms. The van der Waals surface area contributed by atoms with Crippen LogP contribution in [0, 0.1) is 28.4 Å². The SMILES string of the molecule is CC1(C#N)CCN(c2c(C(=O)N3CCN(C(O)N4CCCC4)CC3)cnc3c(F)cc(F)cc23)CC1. The fourth-order valence-corrected chi connectivity index (χ4v) is 5.58. The van der Waals surface area contributed by atoms with Gasteiger partial charge >= 0.3 is 0 Å². The molecule has 5 rings (SSSR count). The number of nitriles is 1. The lowest BCUT2D eigenvalue weighted by Crippen LogP contribution is -2.56. The molecule has 0 spiro atoms. The average Bonchev–Trinajstić information content (AvgIpc) is 3.43. The largest absolute Gasteiger partial charge is 0.370 e. The summed E-state index contributed by atoms with van der Waals surface area (Å²) in [5.41, 5.74) is 0.339. The third-order valence-corrected chi connectivity index (χ3v) is 7.94. The van der Waals surface area contributed by atoms with Crippen LogP contribution in [0.15, 0.2) is 18.3 Å². The summed E-state index contributed by atoms with van der Waals surface area (Å²) in [7, 11) is 0. The first-order valence-electron chi connectivity index (χ1n) is 12.7. The number of benzene rings is 1. The van der Waals surface area contributed by atoms with Gasteiger partial charge in [0.1, 0.15) is 11.3 Å². The van der Waals surface area contributed by atoms with Crippen molar-refractivity contribution < 1.29 is 18.7 Å². The number of aliphatic hydroxyl groups excluding tert-OH is 1. The monoisotopic (exact) mass is 498 g/mol. The molecule has 8 nitrogen and oxygen atoms in total. The number of rotatable bonds is 4. The smallest absolute Gasteiger partial charge is 0.257 e. The summed E-state index contributed by atoms with van der Waals surface area (Å²) in [6.07, 6.45) is 4.09. The van der Waals surface area contributed by atoms with Crippen molar-refractivity contribution in [3.8, 4) is 6.07 Å². The van der Waals surface area contributed by atoms with Crippen molar-refractivity contribution in [3.05, 3.63) is 35.5 Å². The first-order chi connectivity index (χ1) is 17.3. The second-order valence-corrected chi connectivity index (χ2v) is 10.4. The lowest BCUT2D eigenvalue weighted by molar-refractivity contribution is -0.114. The molecule has 192 valence electrons. The molecule has 1 N–H and O–H groups in total. The summed E-state index contributed by atoms with van der Waals surface area (Å²) in [5, 5.41) is 20.5. The van der Waals surface area contributed by atoms with E-state index in [1.165, 1.54) is 12.3 Å². The Labute approximate surface area is 209 Å². The van der Waals surface area contributed by atoms with Crippen molar-refractivity contribution in [1.29, 1.82) is 5.26 Å². The molecule has 0 aliphatic carbocycles. The number of piperazine rings is 1. The van der Waals surface area contributed by atoms with Crippen molar-refractivity contribution in [2.24, 2.45) is 5.41 Å². The molecule has 1 aromatic heterocycles. The van der Waals surface area contributed by atoms with Gasteiger partial charge in [-0.05, 0) is 38.7 Å². The predicted octanol–water partition coefficient (Wildman–Crippen LogP) is 2.77. The van der Waals surface area contributed by atoms with Gasteiger partial charge in [-0.2, -0.15) is 5.26 Å². The van der Waals surface area contributed by atoms with Crippen LogP contribution in [0.4, 0.5) is 14.5 Å². The number of nitrogens with zero attached hydrogens (tertiary/aromatic N) is 6. The minimum absolute atomic E-state index is 0.0233. The topological polar surface area (TPSA) is 86.9 Å². The molecule has 3 fully saturated rings. The summed E-state index contributed by atoms with van der Waals surface area (Å²) in [5.74, 6) is -1.74. The summed E-state index contributed by atoms with van der Waals surface area (Å²) >= 11 is 0. The maximum absolute atomic E-state index is 14.6. The van der Waals surface area contributed by atoms with Crippen molar-refractivity contribution >= 4 is 22.5 Å². The van der Waals surface area contributed by atoms with Gasteiger partial charge in [-0.3, -0.25) is 19.6 Å². The molecule has 0 bridgehead atoms. The van der Waals surface area contributed by atoms with E-state index in [0.29, 0.717) is 63.4 Å². The number of fused-ring (bicyclic) bond motifs is 1. The number of carbonyl (C=O) groups excluding carboxylic acids is 1. The van der Waals surface area contributed by atoms with E-state index < -0.39 is 23.4 Å². The highest BCUT2D eigenvalue weighted by atomic mass is 19.1. The number of aliphatic hydroxyl groups is 1. The van der Waals surface area contributed by atoms with Gasteiger partial charge in [-0.25, -0.2) is 8.78 Å². The Morgan fingerprint density at radius 2 is 1.69 bits per heavy atom. The summed E-state index contributed by atoms with van der Waals surface area (Å²) in [4.78, 5) is 25.6. The third-order valence-electron chi connectivity index (χ3n) is 7.94. The predicted molar refractivity (Wildman–Crippen MR) is 131 cm³/mol. The van der Waals surface area contributed by atoms with Crippen LogP contribution < -0.4 is 4.90 Å². The van der Waals surface area contributed by atoms with Crippen LogP contribution >= 0.6 is 0 Å². The first-order valence-corrected chi connectivity index (χ1v) is 12.7. The van der Waals surface area contributed by atoms with E-state index in [-0.39, 0.29) is 16.8 Å². The van der Waals surface area contributed by atoms with Crippen LogP contribution in [0.5, 0.6) is 0 Å². The zero-order valence-electron chi connectivity index (χ0n) is 20.6. The van der Waals surface area contributed by atoms with E-state index in [4.69, 9.17) is 0 Å². The van der Waals surface area contributed by atoms with E-state index in [1.807, 2.05) is 16.7 Å².